The molecule has 10 heteroatoms. The van der Waals surface area contributed by atoms with Crippen LogP contribution >= 0.6 is 0 Å². The molecule has 0 radical (unpaired) electrons. The van der Waals surface area contributed by atoms with Crippen LogP contribution in [-0.4, -0.2) is 28.4 Å². The van der Waals surface area contributed by atoms with E-state index in [0.29, 0.717) is 45.5 Å². The maximum Gasteiger partial charge on any atom is 0.490 e. The molecule has 212 valence electrons. The lowest BCUT2D eigenvalue weighted by Crippen LogP contribution is -2.26. The number of ether oxygens (including phenoxy) is 3. The second kappa shape index (κ2) is 16.9. The van der Waals surface area contributed by atoms with Gasteiger partial charge in [0.15, 0.2) is 0 Å². The van der Waals surface area contributed by atoms with Crippen LogP contribution < -0.4 is 14.2 Å². The van der Waals surface area contributed by atoms with Gasteiger partial charge in [-0.1, -0.05) is 67.9 Å². The van der Waals surface area contributed by atoms with Gasteiger partial charge in [0.2, 0.25) is 0 Å². The fourth-order valence-corrected chi connectivity index (χ4v) is 5.99. The van der Waals surface area contributed by atoms with Gasteiger partial charge in [0.25, 0.3) is 0 Å². The minimum absolute atomic E-state index is 0.361. The molecule has 3 aromatic carbocycles. The Bertz CT molecular complexity index is 1120. The predicted molar refractivity (Wildman–Crippen MR) is 159 cm³/mol. The van der Waals surface area contributed by atoms with Gasteiger partial charge >= 0.3 is 8.56 Å². The van der Waals surface area contributed by atoms with E-state index < -0.39 is 8.56 Å². The van der Waals surface area contributed by atoms with Crippen molar-refractivity contribution in [3.05, 3.63) is 89.5 Å². The zero-order valence-corrected chi connectivity index (χ0v) is 25.0. The molecule has 0 bridgehead atoms. The normalized spacial score (nSPS) is 13.2. The summed E-state index contributed by atoms with van der Waals surface area (Å²) in [6, 6.07) is 24.2. The molecule has 0 amide bonds. The molecule has 0 aliphatic rings. The predicted octanol–water partition coefficient (Wildman–Crippen LogP) is 8.49. The molecule has 0 spiro atoms. The SMILES string of the molecule is CCC[Si](N=NCc1ccccc1OCC)(N=NCc1ccccc1OCC)N=NCc1ccccc1OCC. The molecule has 0 saturated heterocycles. The highest BCUT2D eigenvalue weighted by atomic mass is 28.4. The molecule has 0 heterocycles. The topological polar surface area (TPSA) is 102 Å². The first-order valence-electron chi connectivity index (χ1n) is 13.9. The van der Waals surface area contributed by atoms with Crippen LogP contribution in [0.15, 0.2) is 102 Å². The zero-order chi connectivity index (χ0) is 28.5. The second-order valence-corrected chi connectivity index (χ2v) is 11.5. The molecule has 0 N–H and O–H groups in total. The van der Waals surface area contributed by atoms with Gasteiger partial charge in [-0.25, -0.2) is 0 Å². The molecule has 0 unspecified atom stereocenters. The molecule has 0 aromatic heterocycles. The summed E-state index contributed by atoms with van der Waals surface area (Å²) in [7, 11) is -3.11. The minimum atomic E-state index is -3.11. The summed E-state index contributed by atoms with van der Waals surface area (Å²) in [6.45, 7) is 10.8. The highest BCUT2D eigenvalue weighted by Crippen LogP contribution is 2.26. The van der Waals surface area contributed by atoms with Crippen molar-refractivity contribution in [1.29, 1.82) is 0 Å². The fourth-order valence-electron chi connectivity index (χ4n) is 4.01. The molecule has 9 nitrogen and oxygen atoms in total. The molecule has 0 atom stereocenters. The Morgan fingerprint density at radius 2 is 0.825 bits per heavy atom. The first kappa shape index (κ1) is 30.6. The van der Waals surface area contributed by atoms with Gasteiger partial charge in [-0.05, 0) is 39.0 Å². The van der Waals surface area contributed by atoms with Gasteiger partial charge in [0.05, 0.1) is 39.5 Å². The maximum absolute atomic E-state index is 5.76. The molecule has 3 rings (SSSR count). The summed E-state index contributed by atoms with van der Waals surface area (Å²) >= 11 is 0. The Morgan fingerprint density at radius 3 is 1.12 bits per heavy atom. The molecule has 3 aromatic rings. The lowest BCUT2D eigenvalue weighted by Gasteiger charge is -2.14. The Balaban J connectivity index is 1.90. The summed E-state index contributed by atoms with van der Waals surface area (Å²) in [5, 5.41) is 13.7. The van der Waals surface area contributed by atoms with Crippen molar-refractivity contribution in [1.82, 2.24) is 0 Å². The van der Waals surface area contributed by atoms with Crippen molar-refractivity contribution in [3.63, 3.8) is 0 Å². The van der Waals surface area contributed by atoms with Crippen molar-refractivity contribution in [2.45, 2.75) is 59.8 Å². The highest BCUT2D eigenvalue weighted by Gasteiger charge is 2.36. The maximum atomic E-state index is 5.76. The summed E-state index contributed by atoms with van der Waals surface area (Å²) in [6.07, 6.45) is 0.823. The van der Waals surface area contributed by atoms with E-state index in [1.54, 1.807) is 0 Å². The molecule has 0 aliphatic carbocycles. The van der Waals surface area contributed by atoms with E-state index in [1.807, 2.05) is 93.6 Å². The van der Waals surface area contributed by atoms with E-state index in [0.717, 1.165) is 40.4 Å². The van der Waals surface area contributed by atoms with Gasteiger partial charge < -0.3 is 14.2 Å². The van der Waals surface area contributed by atoms with Crippen molar-refractivity contribution >= 4 is 8.56 Å². The summed E-state index contributed by atoms with van der Waals surface area (Å²) in [5.41, 5.74) is 2.87. The number of para-hydroxylation sites is 3. The first-order valence-corrected chi connectivity index (χ1v) is 16.0. The van der Waals surface area contributed by atoms with E-state index in [1.165, 1.54) is 0 Å². The number of benzene rings is 3. The quantitative estimate of drug-likeness (QED) is 0.122. The van der Waals surface area contributed by atoms with E-state index in [9.17, 15) is 0 Å². The van der Waals surface area contributed by atoms with Crippen LogP contribution in [0.1, 0.15) is 50.8 Å². The highest BCUT2D eigenvalue weighted by molar-refractivity contribution is 6.74. The molecule has 0 fully saturated rings. The van der Waals surface area contributed by atoms with Crippen molar-refractivity contribution < 1.29 is 14.2 Å². The number of hydrogen-bond acceptors (Lipinski definition) is 9. The van der Waals surface area contributed by atoms with Gasteiger partial charge in [0.1, 0.15) is 17.2 Å². The summed E-state index contributed by atoms with van der Waals surface area (Å²) < 4.78 is 31.5. The third-order valence-corrected chi connectivity index (χ3v) is 8.37. The Hall–Kier alpha value is -3.92. The minimum Gasteiger partial charge on any atom is -0.494 e. The van der Waals surface area contributed by atoms with Gasteiger partial charge in [-0.3, -0.25) is 0 Å². The van der Waals surface area contributed by atoms with Crippen molar-refractivity contribution in [3.8, 4) is 17.2 Å². The van der Waals surface area contributed by atoms with Gasteiger partial charge in [0, 0.05) is 22.7 Å². The summed E-state index contributed by atoms with van der Waals surface area (Å²) in [4.78, 5) is 0. The summed E-state index contributed by atoms with van der Waals surface area (Å²) in [5.74, 6) is 2.40. The Kier molecular flexibility index (Phi) is 12.9. The average Bonchev–Trinajstić information content (AvgIpc) is 2.96. The lowest BCUT2D eigenvalue weighted by molar-refractivity contribution is 0.336. The van der Waals surface area contributed by atoms with Crippen molar-refractivity contribution in [2.24, 2.45) is 29.7 Å². The van der Waals surface area contributed by atoms with Crippen LogP contribution in [0.5, 0.6) is 17.2 Å². The van der Waals surface area contributed by atoms with Crippen molar-refractivity contribution in [2.75, 3.05) is 19.8 Å². The second-order valence-electron chi connectivity index (χ2n) is 8.85. The smallest absolute Gasteiger partial charge is 0.490 e. The first-order chi connectivity index (χ1) is 19.6. The molecule has 0 saturated carbocycles. The van der Waals surface area contributed by atoms with E-state index in [-0.39, 0.29) is 0 Å². The number of nitrogens with zero attached hydrogens (tertiary/aromatic N) is 6. The monoisotopic (exact) mass is 560 g/mol. The number of rotatable bonds is 17. The van der Waals surface area contributed by atoms with E-state index >= 15 is 0 Å². The third-order valence-electron chi connectivity index (χ3n) is 5.82. The van der Waals surface area contributed by atoms with Crippen LogP contribution in [0.2, 0.25) is 6.04 Å². The molecule has 0 aliphatic heterocycles. The fraction of sp³-hybridized carbons (Fsp3) is 0.400. The molecular weight excluding hydrogens is 520 g/mol. The third kappa shape index (κ3) is 9.37. The molecule has 40 heavy (non-hydrogen) atoms. The van der Waals surface area contributed by atoms with Crippen LogP contribution in [0.3, 0.4) is 0 Å². The van der Waals surface area contributed by atoms with Gasteiger partial charge in [-0.15, -0.1) is 0 Å². The Labute approximate surface area is 238 Å². The van der Waals surface area contributed by atoms with Crippen LogP contribution in [0, 0.1) is 0 Å². The van der Waals surface area contributed by atoms with Crippen LogP contribution in [0.25, 0.3) is 0 Å². The lowest BCUT2D eigenvalue weighted by atomic mass is 10.2. The standard InChI is InChI=1S/C30H40N6O3Si/c1-5-21-40(34-31-22-25-15-9-12-18-28(25)37-6-2,35-32-23-26-16-10-13-19-29(26)38-7-3)36-33-24-27-17-11-14-20-30(27)39-8-4/h9-20H,5-8,21-24H2,1-4H3. The van der Waals surface area contributed by atoms with E-state index in [2.05, 4.69) is 22.3 Å². The average molecular weight is 561 g/mol. The zero-order valence-electron chi connectivity index (χ0n) is 24.0. The largest absolute Gasteiger partial charge is 0.494 e. The number of hydrogen-bond donors (Lipinski definition) is 0. The Morgan fingerprint density at radius 1 is 0.500 bits per heavy atom. The molecular formula is C30H40N6O3Si. The van der Waals surface area contributed by atoms with E-state index in [4.69, 9.17) is 28.6 Å². The van der Waals surface area contributed by atoms with Crippen LogP contribution in [-0.2, 0) is 19.6 Å². The van der Waals surface area contributed by atoms with Crippen LogP contribution in [0.4, 0.5) is 0 Å². The van der Waals surface area contributed by atoms with Gasteiger partial charge in [-0.2, -0.15) is 29.7 Å².